The predicted octanol–water partition coefficient (Wildman–Crippen LogP) is 1.83. The summed E-state index contributed by atoms with van der Waals surface area (Å²) in [5.74, 6) is -1.62. The van der Waals surface area contributed by atoms with Crippen LogP contribution in [-0.4, -0.2) is 23.3 Å². The lowest BCUT2D eigenvalue weighted by molar-refractivity contribution is -0.147. The molecule has 0 fully saturated rings. The van der Waals surface area contributed by atoms with Gasteiger partial charge < -0.3 is 14.9 Å². The molecule has 5 heteroatoms. The third-order valence-electron chi connectivity index (χ3n) is 3.32. The van der Waals surface area contributed by atoms with Crippen LogP contribution in [0.15, 0.2) is 6.07 Å². The first-order valence-corrected chi connectivity index (χ1v) is 5.85. The van der Waals surface area contributed by atoms with Gasteiger partial charge in [0.15, 0.2) is 6.10 Å². The molecule has 2 rings (SSSR count). The zero-order valence-electron chi connectivity index (χ0n) is 10.1. The SMILES string of the molecule is COc1cc(C(O)C(=O)O)c(F)c2c1CCCC2. The summed E-state index contributed by atoms with van der Waals surface area (Å²) in [7, 11) is 1.46. The van der Waals surface area contributed by atoms with Crippen LogP contribution in [0, 0.1) is 5.82 Å². The minimum Gasteiger partial charge on any atom is -0.496 e. The quantitative estimate of drug-likeness (QED) is 0.863. The van der Waals surface area contributed by atoms with E-state index in [1.165, 1.54) is 13.2 Å². The van der Waals surface area contributed by atoms with Gasteiger partial charge in [-0.15, -0.1) is 0 Å². The van der Waals surface area contributed by atoms with Crippen molar-refractivity contribution in [3.63, 3.8) is 0 Å². The highest BCUT2D eigenvalue weighted by atomic mass is 19.1. The van der Waals surface area contributed by atoms with Gasteiger partial charge in [-0.2, -0.15) is 0 Å². The van der Waals surface area contributed by atoms with Crippen LogP contribution in [0.3, 0.4) is 0 Å². The molecule has 4 nitrogen and oxygen atoms in total. The molecule has 0 radical (unpaired) electrons. The van der Waals surface area contributed by atoms with Gasteiger partial charge in [0.05, 0.1) is 7.11 Å². The Morgan fingerprint density at radius 3 is 2.56 bits per heavy atom. The van der Waals surface area contributed by atoms with Gasteiger partial charge in [-0.3, -0.25) is 0 Å². The van der Waals surface area contributed by atoms with Crippen molar-refractivity contribution in [1.82, 2.24) is 0 Å². The number of ether oxygens (including phenoxy) is 1. The van der Waals surface area contributed by atoms with Crippen LogP contribution in [0.5, 0.6) is 5.75 Å². The molecule has 1 aromatic rings. The Kier molecular flexibility index (Phi) is 3.52. The smallest absolute Gasteiger partial charge is 0.337 e. The van der Waals surface area contributed by atoms with Crippen molar-refractivity contribution in [1.29, 1.82) is 0 Å². The molecule has 1 aromatic carbocycles. The Morgan fingerprint density at radius 1 is 1.39 bits per heavy atom. The lowest BCUT2D eigenvalue weighted by atomic mass is 9.88. The van der Waals surface area contributed by atoms with Gasteiger partial charge in [-0.25, -0.2) is 9.18 Å². The summed E-state index contributed by atoms with van der Waals surface area (Å²) in [6.45, 7) is 0. The summed E-state index contributed by atoms with van der Waals surface area (Å²) < 4.78 is 19.4. The first-order valence-electron chi connectivity index (χ1n) is 5.85. The molecule has 0 heterocycles. The maximum absolute atomic E-state index is 14.2. The summed E-state index contributed by atoms with van der Waals surface area (Å²) in [5, 5.41) is 18.3. The molecule has 98 valence electrons. The molecule has 18 heavy (non-hydrogen) atoms. The Hall–Kier alpha value is -1.62. The molecular formula is C13H15FO4. The van der Waals surface area contributed by atoms with E-state index < -0.39 is 17.9 Å². The molecule has 1 aliphatic rings. The number of rotatable bonds is 3. The van der Waals surface area contributed by atoms with E-state index in [0.29, 0.717) is 17.7 Å². The maximum Gasteiger partial charge on any atom is 0.337 e. The lowest BCUT2D eigenvalue weighted by Crippen LogP contribution is -2.16. The number of carbonyl (C=O) groups is 1. The Balaban J connectivity index is 2.58. The van der Waals surface area contributed by atoms with Crippen LogP contribution < -0.4 is 4.74 Å². The number of aliphatic hydroxyl groups is 1. The first-order chi connectivity index (χ1) is 8.56. The normalized spacial score (nSPS) is 15.9. The number of hydrogen-bond donors (Lipinski definition) is 2. The van der Waals surface area contributed by atoms with Crippen molar-refractivity contribution >= 4 is 5.97 Å². The van der Waals surface area contributed by atoms with Gasteiger partial charge in [0.2, 0.25) is 0 Å². The molecule has 0 spiro atoms. The fraction of sp³-hybridized carbons (Fsp3) is 0.462. The number of aliphatic carboxylic acids is 1. The monoisotopic (exact) mass is 254 g/mol. The van der Waals surface area contributed by atoms with Crippen LogP contribution in [-0.2, 0) is 17.6 Å². The van der Waals surface area contributed by atoms with Crippen LogP contribution >= 0.6 is 0 Å². The minimum atomic E-state index is -1.86. The maximum atomic E-state index is 14.2. The molecule has 0 saturated heterocycles. The van der Waals surface area contributed by atoms with Crippen molar-refractivity contribution in [3.8, 4) is 5.75 Å². The van der Waals surface area contributed by atoms with Crippen LogP contribution in [0.4, 0.5) is 4.39 Å². The number of fused-ring (bicyclic) bond motifs is 1. The first kappa shape index (κ1) is 12.8. The Labute approximate surface area is 104 Å². The van der Waals surface area contributed by atoms with E-state index >= 15 is 0 Å². The van der Waals surface area contributed by atoms with E-state index in [1.807, 2.05) is 0 Å². The number of methoxy groups -OCH3 is 1. The fourth-order valence-corrected chi connectivity index (χ4v) is 2.40. The topological polar surface area (TPSA) is 66.8 Å². The van der Waals surface area contributed by atoms with Crippen LogP contribution in [0.1, 0.15) is 35.6 Å². The molecule has 1 aliphatic carbocycles. The largest absolute Gasteiger partial charge is 0.496 e. The van der Waals surface area contributed by atoms with Crippen molar-refractivity contribution in [2.75, 3.05) is 7.11 Å². The molecule has 0 bridgehead atoms. The zero-order chi connectivity index (χ0) is 13.3. The predicted molar refractivity (Wildman–Crippen MR) is 62.2 cm³/mol. The second-order valence-electron chi connectivity index (χ2n) is 4.39. The highest BCUT2D eigenvalue weighted by Gasteiger charge is 2.27. The zero-order valence-corrected chi connectivity index (χ0v) is 10.1. The second-order valence-corrected chi connectivity index (χ2v) is 4.39. The van der Waals surface area contributed by atoms with Gasteiger partial charge in [0.25, 0.3) is 0 Å². The Bertz CT molecular complexity index is 484. The number of carboxylic acid groups (broad SMARTS) is 1. The minimum absolute atomic E-state index is 0.222. The summed E-state index contributed by atoms with van der Waals surface area (Å²) in [6, 6.07) is 1.29. The van der Waals surface area contributed by atoms with Gasteiger partial charge in [-0.1, -0.05) is 0 Å². The van der Waals surface area contributed by atoms with Crippen LogP contribution in [0.2, 0.25) is 0 Å². The molecule has 2 N–H and O–H groups in total. The number of aliphatic hydroxyl groups excluding tert-OH is 1. The van der Waals surface area contributed by atoms with Crippen molar-refractivity contribution in [2.24, 2.45) is 0 Å². The van der Waals surface area contributed by atoms with E-state index in [1.54, 1.807) is 0 Å². The van der Waals surface area contributed by atoms with Gasteiger partial charge in [0, 0.05) is 11.1 Å². The fourth-order valence-electron chi connectivity index (χ4n) is 2.40. The van der Waals surface area contributed by atoms with Crippen molar-refractivity contribution < 1.29 is 24.1 Å². The molecule has 0 saturated carbocycles. The average Bonchev–Trinajstić information content (AvgIpc) is 2.38. The lowest BCUT2D eigenvalue weighted by Gasteiger charge is -2.22. The summed E-state index contributed by atoms with van der Waals surface area (Å²) in [6.07, 6.45) is 1.24. The molecular weight excluding hydrogens is 239 g/mol. The summed E-state index contributed by atoms with van der Waals surface area (Å²) in [4.78, 5) is 10.8. The molecule has 0 aliphatic heterocycles. The number of halogens is 1. The molecule has 1 atom stereocenters. The van der Waals surface area contributed by atoms with Gasteiger partial charge in [0.1, 0.15) is 11.6 Å². The highest BCUT2D eigenvalue weighted by Crippen LogP contribution is 2.35. The van der Waals surface area contributed by atoms with Gasteiger partial charge in [-0.05, 0) is 37.3 Å². The van der Waals surface area contributed by atoms with E-state index in [0.717, 1.165) is 24.8 Å². The third-order valence-corrected chi connectivity index (χ3v) is 3.32. The average molecular weight is 254 g/mol. The van der Waals surface area contributed by atoms with E-state index in [4.69, 9.17) is 9.84 Å². The standard InChI is InChI=1S/C13H15FO4/c1-18-10-6-9(12(15)13(16)17)11(14)8-5-3-2-4-7(8)10/h6,12,15H,2-5H2,1H3,(H,16,17). The number of benzene rings is 1. The molecule has 0 aromatic heterocycles. The van der Waals surface area contributed by atoms with Crippen molar-refractivity contribution in [3.05, 3.63) is 28.6 Å². The second kappa shape index (κ2) is 4.94. The molecule has 1 unspecified atom stereocenters. The third kappa shape index (κ3) is 2.06. The van der Waals surface area contributed by atoms with Crippen molar-refractivity contribution in [2.45, 2.75) is 31.8 Å². The number of hydrogen-bond acceptors (Lipinski definition) is 3. The van der Waals surface area contributed by atoms with E-state index in [-0.39, 0.29) is 5.56 Å². The van der Waals surface area contributed by atoms with Gasteiger partial charge >= 0.3 is 5.97 Å². The highest BCUT2D eigenvalue weighted by molar-refractivity contribution is 5.74. The van der Waals surface area contributed by atoms with E-state index in [9.17, 15) is 14.3 Å². The Morgan fingerprint density at radius 2 is 2.00 bits per heavy atom. The summed E-state index contributed by atoms with van der Waals surface area (Å²) >= 11 is 0. The van der Waals surface area contributed by atoms with Crippen LogP contribution in [0.25, 0.3) is 0 Å². The van der Waals surface area contributed by atoms with E-state index in [2.05, 4.69) is 0 Å². The number of carboxylic acids is 1. The molecule has 0 amide bonds. The summed E-state index contributed by atoms with van der Waals surface area (Å²) in [5.41, 5.74) is 1.05.